The van der Waals surface area contributed by atoms with Crippen molar-refractivity contribution in [1.29, 1.82) is 0 Å². The molecular formula is C24H27NO2S. The van der Waals surface area contributed by atoms with Crippen molar-refractivity contribution in [3.05, 3.63) is 70.6 Å². The predicted octanol–water partition coefficient (Wildman–Crippen LogP) is 6.05. The molecule has 1 aliphatic rings. The van der Waals surface area contributed by atoms with Crippen LogP contribution in [0.25, 0.3) is 10.1 Å². The minimum atomic E-state index is -0.704. The van der Waals surface area contributed by atoms with Crippen molar-refractivity contribution in [3.63, 3.8) is 0 Å². The molecule has 2 atom stereocenters. The number of aliphatic carboxylic acids is 1. The lowest BCUT2D eigenvalue weighted by Crippen LogP contribution is -2.46. The molecule has 3 nitrogen and oxygen atoms in total. The minimum Gasteiger partial charge on any atom is -0.480 e. The fraction of sp³-hybridized carbons (Fsp3) is 0.375. The summed E-state index contributed by atoms with van der Waals surface area (Å²) in [5.41, 5.74) is 2.50. The van der Waals surface area contributed by atoms with Crippen LogP contribution in [0.15, 0.2) is 54.6 Å². The van der Waals surface area contributed by atoms with Crippen molar-refractivity contribution in [3.8, 4) is 0 Å². The summed E-state index contributed by atoms with van der Waals surface area (Å²) in [6.07, 6.45) is 2.76. The number of hydrogen-bond acceptors (Lipinski definition) is 3. The second kappa shape index (κ2) is 8.06. The molecule has 1 saturated heterocycles. The monoisotopic (exact) mass is 393 g/mol. The van der Waals surface area contributed by atoms with Gasteiger partial charge in [-0.2, -0.15) is 0 Å². The third kappa shape index (κ3) is 3.71. The Balaban J connectivity index is 1.81. The molecule has 0 spiro atoms. The Hall–Kier alpha value is -2.17. The number of likely N-dealkylation sites (tertiary alicyclic amines) is 1. The molecule has 2 aromatic carbocycles. The van der Waals surface area contributed by atoms with Crippen molar-refractivity contribution in [2.45, 2.75) is 51.1 Å². The van der Waals surface area contributed by atoms with E-state index in [4.69, 9.17) is 0 Å². The highest BCUT2D eigenvalue weighted by Gasteiger charge is 2.35. The summed E-state index contributed by atoms with van der Waals surface area (Å²) in [4.78, 5) is 15.4. The van der Waals surface area contributed by atoms with Gasteiger partial charge in [0.15, 0.2) is 0 Å². The molecule has 146 valence electrons. The highest BCUT2D eigenvalue weighted by Crippen LogP contribution is 2.40. The van der Waals surface area contributed by atoms with Gasteiger partial charge in [0.1, 0.15) is 6.04 Å². The van der Waals surface area contributed by atoms with Crippen LogP contribution in [0.1, 0.15) is 61.1 Å². The summed E-state index contributed by atoms with van der Waals surface area (Å²) in [6, 6.07) is 19.0. The predicted molar refractivity (Wildman–Crippen MR) is 116 cm³/mol. The molecule has 1 N–H and O–H groups in total. The van der Waals surface area contributed by atoms with Gasteiger partial charge in [-0.05, 0) is 54.0 Å². The largest absolute Gasteiger partial charge is 0.480 e. The van der Waals surface area contributed by atoms with Crippen LogP contribution in [0, 0.1) is 0 Å². The van der Waals surface area contributed by atoms with Crippen LogP contribution >= 0.6 is 11.3 Å². The van der Waals surface area contributed by atoms with E-state index in [9.17, 15) is 9.90 Å². The quantitative estimate of drug-likeness (QED) is 0.573. The zero-order valence-electron chi connectivity index (χ0n) is 16.5. The Morgan fingerprint density at radius 2 is 1.79 bits per heavy atom. The molecule has 0 aliphatic carbocycles. The van der Waals surface area contributed by atoms with E-state index < -0.39 is 12.0 Å². The van der Waals surface area contributed by atoms with Gasteiger partial charge >= 0.3 is 5.97 Å². The van der Waals surface area contributed by atoms with E-state index in [0.717, 1.165) is 25.8 Å². The summed E-state index contributed by atoms with van der Waals surface area (Å²) in [7, 11) is 0. The van der Waals surface area contributed by atoms with Crippen molar-refractivity contribution < 1.29 is 9.90 Å². The zero-order valence-corrected chi connectivity index (χ0v) is 17.3. The van der Waals surface area contributed by atoms with Gasteiger partial charge in [-0.3, -0.25) is 9.69 Å². The Bertz CT molecular complexity index is 927. The van der Waals surface area contributed by atoms with Crippen molar-refractivity contribution in [1.82, 2.24) is 4.90 Å². The summed E-state index contributed by atoms with van der Waals surface area (Å²) >= 11 is 1.78. The zero-order chi connectivity index (χ0) is 19.7. The number of rotatable bonds is 5. The fourth-order valence-electron chi connectivity index (χ4n) is 4.25. The smallest absolute Gasteiger partial charge is 0.320 e. The molecule has 0 radical (unpaired) electrons. The maximum atomic E-state index is 12.0. The van der Waals surface area contributed by atoms with Gasteiger partial charge in [-0.1, -0.05) is 62.7 Å². The molecule has 2 heterocycles. The molecule has 1 aromatic heterocycles. The average Bonchev–Trinajstić information content (AvgIpc) is 3.12. The van der Waals surface area contributed by atoms with E-state index in [1.54, 1.807) is 11.3 Å². The summed E-state index contributed by atoms with van der Waals surface area (Å²) in [5.74, 6) is -0.219. The number of carbonyl (C=O) groups is 1. The third-order valence-corrected chi connectivity index (χ3v) is 6.96. The first-order chi connectivity index (χ1) is 13.5. The third-order valence-electron chi connectivity index (χ3n) is 5.79. The van der Waals surface area contributed by atoms with Gasteiger partial charge < -0.3 is 5.11 Å². The number of carboxylic acids is 1. The van der Waals surface area contributed by atoms with Crippen LogP contribution in [0.5, 0.6) is 0 Å². The van der Waals surface area contributed by atoms with Crippen molar-refractivity contribution in [2.75, 3.05) is 6.54 Å². The fourth-order valence-corrected chi connectivity index (χ4v) is 5.46. The van der Waals surface area contributed by atoms with Crippen LogP contribution < -0.4 is 0 Å². The maximum Gasteiger partial charge on any atom is 0.320 e. The topological polar surface area (TPSA) is 40.5 Å². The van der Waals surface area contributed by atoms with E-state index in [0.29, 0.717) is 5.92 Å². The Labute approximate surface area is 170 Å². The second-order valence-electron chi connectivity index (χ2n) is 8.00. The molecule has 4 heteroatoms. The number of carboxylic acid groups (broad SMARTS) is 1. The van der Waals surface area contributed by atoms with E-state index in [1.807, 2.05) is 0 Å². The summed E-state index contributed by atoms with van der Waals surface area (Å²) < 4.78 is 1.25. The van der Waals surface area contributed by atoms with E-state index >= 15 is 0 Å². The first-order valence-electron chi connectivity index (χ1n) is 10.1. The highest BCUT2D eigenvalue weighted by molar-refractivity contribution is 7.19. The Morgan fingerprint density at radius 3 is 2.46 bits per heavy atom. The summed E-state index contributed by atoms with van der Waals surface area (Å²) in [6.45, 7) is 5.22. The first kappa shape index (κ1) is 19.2. The lowest BCUT2D eigenvalue weighted by Gasteiger charge is -2.39. The summed E-state index contributed by atoms with van der Waals surface area (Å²) in [5, 5.41) is 11.1. The van der Waals surface area contributed by atoms with Gasteiger partial charge in [0, 0.05) is 9.58 Å². The van der Waals surface area contributed by atoms with E-state index in [2.05, 4.69) is 73.3 Å². The highest BCUT2D eigenvalue weighted by atomic mass is 32.1. The lowest BCUT2D eigenvalue weighted by atomic mass is 9.93. The van der Waals surface area contributed by atoms with Gasteiger partial charge in [0.05, 0.1) is 6.04 Å². The number of piperidine rings is 1. The van der Waals surface area contributed by atoms with Gasteiger partial charge in [0.2, 0.25) is 0 Å². The molecule has 0 bridgehead atoms. The van der Waals surface area contributed by atoms with Crippen LogP contribution in [-0.4, -0.2) is 28.6 Å². The van der Waals surface area contributed by atoms with E-state index in [1.165, 1.54) is 26.1 Å². The van der Waals surface area contributed by atoms with Crippen LogP contribution in [0.2, 0.25) is 0 Å². The lowest BCUT2D eigenvalue weighted by molar-refractivity contribution is -0.145. The Kier molecular flexibility index (Phi) is 5.51. The van der Waals surface area contributed by atoms with Crippen LogP contribution in [0.4, 0.5) is 0 Å². The van der Waals surface area contributed by atoms with Gasteiger partial charge in [-0.25, -0.2) is 0 Å². The number of benzene rings is 2. The number of thiophene rings is 1. The molecule has 0 saturated carbocycles. The first-order valence-corrected chi connectivity index (χ1v) is 10.9. The van der Waals surface area contributed by atoms with Crippen molar-refractivity contribution in [2.24, 2.45) is 0 Å². The SMILES string of the molecule is CC(C)c1ccc(C(c2cc3ccccc3s2)N2CCCCC2C(=O)O)cc1. The molecule has 1 aliphatic heterocycles. The number of fused-ring (bicyclic) bond motifs is 1. The molecule has 0 amide bonds. The average molecular weight is 394 g/mol. The number of nitrogens with zero attached hydrogens (tertiary/aromatic N) is 1. The molecule has 3 aromatic rings. The molecule has 2 unspecified atom stereocenters. The molecule has 4 rings (SSSR count). The van der Waals surface area contributed by atoms with Crippen molar-refractivity contribution >= 4 is 27.4 Å². The van der Waals surface area contributed by atoms with Gasteiger partial charge in [0.25, 0.3) is 0 Å². The van der Waals surface area contributed by atoms with Crippen LogP contribution in [-0.2, 0) is 4.79 Å². The van der Waals surface area contributed by atoms with Crippen LogP contribution in [0.3, 0.4) is 0 Å². The minimum absolute atomic E-state index is 0.0139. The van der Waals surface area contributed by atoms with E-state index in [-0.39, 0.29) is 6.04 Å². The molecule has 28 heavy (non-hydrogen) atoms. The number of hydrogen-bond donors (Lipinski definition) is 1. The second-order valence-corrected chi connectivity index (χ2v) is 9.11. The Morgan fingerprint density at radius 1 is 1.07 bits per heavy atom. The molecular weight excluding hydrogens is 366 g/mol. The standard InChI is InChI=1S/C24H27NO2S/c1-16(2)17-10-12-18(13-11-17)23(25-14-6-5-8-20(25)24(26)27)22-15-19-7-3-4-9-21(19)28-22/h3-4,7,9-13,15-16,20,23H,5-6,8,14H2,1-2H3,(H,26,27). The van der Waals surface area contributed by atoms with Gasteiger partial charge in [-0.15, -0.1) is 11.3 Å². The maximum absolute atomic E-state index is 12.0. The molecule has 1 fully saturated rings. The normalized spacial score (nSPS) is 19.2.